The van der Waals surface area contributed by atoms with Crippen molar-refractivity contribution in [1.82, 2.24) is 4.90 Å². The first-order valence-electron chi connectivity index (χ1n) is 8.06. The highest BCUT2D eigenvalue weighted by atomic mass is 32.1. The summed E-state index contributed by atoms with van der Waals surface area (Å²) in [4.78, 5) is 12.6. The van der Waals surface area contributed by atoms with Crippen molar-refractivity contribution in [1.29, 1.82) is 0 Å². The summed E-state index contributed by atoms with van der Waals surface area (Å²) in [7, 11) is 1.40. The van der Waals surface area contributed by atoms with E-state index in [2.05, 4.69) is 0 Å². The third kappa shape index (κ3) is 8.63. The molecule has 0 atom stereocenters. The zero-order chi connectivity index (χ0) is 19.2. The van der Waals surface area contributed by atoms with E-state index in [0.717, 1.165) is 29.9 Å². The van der Waals surface area contributed by atoms with Crippen molar-refractivity contribution >= 4 is 17.7 Å². The smallest absolute Gasteiger partial charge is 0.209 e. The summed E-state index contributed by atoms with van der Waals surface area (Å²) < 4.78 is 31.2. The van der Waals surface area contributed by atoms with E-state index in [1.165, 1.54) is 19.3 Å². The van der Waals surface area contributed by atoms with Crippen LogP contribution >= 0.6 is 11.3 Å². The molecule has 6 heteroatoms. The molecule has 1 aromatic heterocycles. The summed E-state index contributed by atoms with van der Waals surface area (Å²) in [6.45, 7) is 9.08. The normalized spacial score (nSPS) is 12.4. The second-order valence-corrected chi connectivity index (χ2v) is 6.05. The van der Waals surface area contributed by atoms with Gasteiger partial charge in [0.05, 0.1) is 13.4 Å². The molecule has 0 radical (unpaired) electrons. The van der Waals surface area contributed by atoms with Crippen molar-refractivity contribution < 1.29 is 18.3 Å². The molecule has 0 N–H and O–H groups in total. The second kappa shape index (κ2) is 13.4. The monoisotopic (exact) mass is 371 g/mol. The number of amides is 1. The van der Waals surface area contributed by atoms with E-state index in [1.807, 2.05) is 32.2 Å². The van der Waals surface area contributed by atoms with Crippen LogP contribution in [0.25, 0.3) is 0 Å². The number of methoxy groups -OCH3 is 1. The number of allylic oxidation sites excluding steroid dienone is 4. The number of nitrogens with zero attached hydrogens (tertiary/aromatic N) is 1. The van der Waals surface area contributed by atoms with Crippen LogP contribution in [0.1, 0.15) is 31.2 Å². The van der Waals surface area contributed by atoms with Gasteiger partial charge < -0.3 is 9.64 Å². The van der Waals surface area contributed by atoms with Gasteiger partial charge in [0.25, 0.3) is 0 Å². The average Bonchev–Trinajstić information content (AvgIpc) is 3.04. The number of rotatable bonds is 8. The summed E-state index contributed by atoms with van der Waals surface area (Å²) >= 11 is 1.55. The lowest BCUT2D eigenvalue weighted by Crippen LogP contribution is -2.19. The van der Waals surface area contributed by atoms with Crippen molar-refractivity contribution in [3.05, 3.63) is 57.5 Å². The highest BCUT2D eigenvalue weighted by Gasteiger charge is 2.10. The molecule has 0 unspecified atom stereocenters. The minimum Gasteiger partial charge on any atom is -0.496 e. The first-order valence-corrected chi connectivity index (χ1v) is 8.94. The molecule has 0 aromatic carbocycles. The highest BCUT2D eigenvalue weighted by Crippen LogP contribution is 2.24. The number of carbonyl (C=O) groups excluding carboxylic acids is 1. The minimum absolute atomic E-state index is 0.209. The van der Waals surface area contributed by atoms with Crippen LogP contribution in [0.15, 0.2) is 47.1 Å². The minimum atomic E-state index is -0.450. The third-order valence-electron chi connectivity index (χ3n) is 3.49. The lowest BCUT2D eigenvalue weighted by molar-refractivity contribution is -0.117. The molecule has 3 nitrogen and oxygen atoms in total. The summed E-state index contributed by atoms with van der Waals surface area (Å²) in [6.07, 6.45) is 4.22. The van der Waals surface area contributed by atoms with Gasteiger partial charge in [0.2, 0.25) is 6.41 Å². The average molecular weight is 371 g/mol. The van der Waals surface area contributed by atoms with Gasteiger partial charge in [-0.2, -0.15) is 0 Å². The van der Waals surface area contributed by atoms with Crippen molar-refractivity contribution in [3.8, 4) is 0 Å². The molecule has 0 saturated heterocycles. The Morgan fingerprint density at radius 1 is 1.36 bits per heavy atom. The molecule has 0 saturated carbocycles. The standard InChI is InChI=1S/C14H16F2OS.C5H11NO/c1-4-12(16)8-13(17-3)11(9-15)7-14-10(2)5-6-18-14;1-3-6(4-2)5-7/h4-6,8-9H,7H2,1-3H3;5H,3-4H2,1-2H3/b11-9+,12-4+,13-8+;. The van der Waals surface area contributed by atoms with Crippen LogP contribution in [0, 0.1) is 6.92 Å². The molecule has 0 fully saturated rings. The molecule has 25 heavy (non-hydrogen) atoms. The number of hydrogen-bond acceptors (Lipinski definition) is 3. The van der Waals surface area contributed by atoms with Crippen molar-refractivity contribution in [2.24, 2.45) is 0 Å². The van der Waals surface area contributed by atoms with Gasteiger partial charge in [-0.15, -0.1) is 11.3 Å². The maximum absolute atomic E-state index is 13.2. The Balaban J connectivity index is 0.000000697. The first kappa shape index (κ1) is 23.1. The van der Waals surface area contributed by atoms with E-state index in [9.17, 15) is 13.6 Å². The third-order valence-corrected chi connectivity index (χ3v) is 4.52. The molecule has 0 bridgehead atoms. The van der Waals surface area contributed by atoms with Crippen molar-refractivity contribution in [3.63, 3.8) is 0 Å². The highest BCUT2D eigenvalue weighted by molar-refractivity contribution is 7.10. The Kier molecular flexibility index (Phi) is 12.3. The Hall–Kier alpha value is -1.95. The summed E-state index contributed by atoms with van der Waals surface area (Å²) in [5.41, 5.74) is 1.43. The number of aryl methyl sites for hydroxylation is 1. The lowest BCUT2D eigenvalue weighted by atomic mass is 10.1. The molecule has 1 amide bonds. The molecular formula is C19H27F2NO2S. The van der Waals surface area contributed by atoms with E-state index in [1.54, 1.807) is 23.2 Å². The van der Waals surface area contributed by atoms with E-state index < -0.39 is 5.83 Å². The number of ether oxygens (including phenoxy) is 1. The van der Waals surface area contributed by atoms with Gasteiger partial charge in [-0.05, 0) is 44.7 Å². The molecular weight excluding hydrogens is 344 g/mol. The van der Waals surface area contributed by atoms with Gasteiger partial charge in [0.1, 0.15) is 11.6 Å². The van der Waals surface area contributed by atoms with Gasteiger partial charge in [-0.3, -0.25) is 4.79 Å². The van der Waals surface area contributed by atoms with E-state index >= 15 is 0 Å². The van der Waals surface area contributed by atoms with Crippen LogP contribution in [0.2, 0.25) is 0 Å². The van der Waals surface area contributed by atoms with Gasteiger partial charge in [0.15, 0.2) is 0 Å². The second-order valence-electron chi connectivity index (χ2n) is 5.05. The van der Waals surface area contributed by atoms with Gasteiger partial charge in [-0.25, -0.2) is 8.78 Å². The van der Waals surface area contributed by atoms with Crippen LogP contribution < -0.4 is 0 Å². The summed E-state index contributed by atoms with van der Waals surface area (Å²) in [5.74, 6) is -0.241. The van der Waals surface area contributed by atoms with E-state index in [-0.39, 0.29) is 5.76 Å². The van der Waals surface area contributed by atoms with Gasteiger partial charge >= 0.3 is 0 Å². The molecule has 1 rings (SSSR count). The first-order chi connectivity index (χ1) is 12.0. The van der Waals surface area contributed by atoms with Crippen molar-refractivity contribution in [2.75, 3.05) is 20.2 Å². The van der Waals surface area contributed by atoms with E-state index in [0.29, 0.717) is 18.3 Å². The topological polar surface area (TPSA) is 29.5 Å². The van der Waals surface area contributed by atoms with Crippen LogP contribution in [-0.4, -0.2) is 31.5 Å². The van der Waals surface area contributed by atoms with Crippen LogP contribution in [0.4, 0.5) is 8.78 Å². The Morgan fingerprint density at radius 2 is 2.00 bits per heavy atom. The maximum Gasteiger partial charge on any atom is 0.209 e. The zero-order valence-electron chi connectivity index (χ0n) is 15.5. The fraction of sp³-hybridized carbons (Fsp3) is 0.421. The Labute approximate surface area is 153 Å². The SMILES string of the molecule is CCN(C=O)CC.C\C=C(F)/C=C(OC)\C(=C\F)Cc1sccc1C. The van der Waals surface area contributed by atoms with Crippen LogP contribution in [0.3, 0.4) is 0 Å². The number of hydrogen-bond donors (Lipinski definition) is 0. The van der Waals surface area contributed by atoms with Crippen LogP contribution in [-0.2, 0) is 16.0 Å². The maximum atomic E-state index is 13.2. The summed E-state index contributed by atoms with van der Waals surface area (Å²) in [6, 6.07) is 1.97. The molecule has 1 aromatic rings. The molecule has 0 aliphatic rings. The Morgan fingerprint density at radius 3 is 2.32 bits per heavy atom. The fourth-order valence-corrected chi connectivity index (χ4v) is 2.73. The Bertz CT molecular complexity index is 602. The largest absolute Gasteiger partial charge is 0.496 e. The van der Waals surface area contributed by atoms with Gasteiger partial charge in [0, 0.05) is 36.0 Å². The number of halogens is 2. The fourth-order valence-electron chi connectivity index (χ4n) is 1.80. The van der Waals surface area contributed by atoms with Crippen molar-refractivity contribution in [2.45, 2.75) is 34.1 Å². The molecule has 1 heterocycles. The quantitative estimate of drug-likeness (QED) is 0.351. The predicted molar refractivity (Wildman–Crippen MR) is 101 cm³/mol. The molecule has 0 aliphatic carbocycles. The van der Waals surface area contributed by atoms with Gasteiger partial charge in [-0.1, -0.05) is 6.08 Å². The lowest BCUT2D eigenvalue weighted by Gasteiger charge is -2.09. The molecule has 0 aliphatic heterocycles. The zero-order valence-corrected chi connectivity index (χ0v) is 16.3. The summed E-state index contributed by atoms with van der Waals surface area (Å²) in [5, 5.41) is 1.95. The molecule has 0 spiro atoms. The number of carbonyl (C=O) groups is 1. The number of thiophene rings is 1. The van der Waals surface area contributed by atoms with Crippen LogP contribution in [0.5, 0.6) is 0 Å². The predicted octanol–water partition coefficient (Wildman–Crippen LogP) is 5.34. The van der Waals surface area contributed by atoms with E-state index in [4.69, 9.17) is 4.74 Å². The molecule has 140 valence electrons.